The minimum absolute atomic E-state index is 0.0244. The number of amides is 1. The fraction of sp³-hybridized carbons (Fsp3) is 0.533. The number of ether oxygens (including phenoxy) is 1. The number of hydrogen-bond donors (Lipinski definition) is 1. The van der Waals surface area contributed by atoms with Gasteiger partial charge in [0.2, 0.25) is 0 Å². The minimum atomic E-state index is 0.0244. The SMILES string of the molecule is COc1ccc(C(=O)N[C@@H]2CCCC[C@H]2C)cc1. The first kappa shape index (κ1) is 12.9. The zero-order valence-corrected chi connectivity index (χ0v) is 11.1. The summed E-state index contributed by atoms with van der Waals surface area (Å²) in [6, 6.07) is 7.58. The summed E-state index contributed by atoms with van der Waals surface area (Å²) in [5, 5.41) is 3.14. The van der Waals surface area contributed by atoms with Gasteiger partial charge in [0.15, 0.2) is 0 Å². The second-order valence-corrected chi connectivity index (χ2v) is 5.07. The first-order valence-electron chi connectivity index (χ1n) is 6.65. The van der Waals surface area contributed by atoms with Crippen LogP contribution in [0.25, 0.3) is 0 Å². The molecule has 0 aromatic heterocycles. The Labute approximate surface area is 109 Å². The van der Waals surface area contributed by atoms with Gasteiger partial charge in [-0.1, -0.05) is 19.8 Å². The number of hydrogen-bond acceptors (Lipinski definition) is 2. The number of carbonyl (C=O) groups is 1. The van der Waals surface area contributed by atoms with Crippen molar-refractivity contribution < 1.29 is 9.53 Å². The highest BCUT2D eigenvalue weighted by Gasteiger charge is 2.23. The maximum absolute atomic E-state index is 12.1. The maximum atomic E-state index is 12.1. The Kier molecular flexibility index (Phi) is 4.24. The Bertz CT molecular complexity index is 399. The lowest BCUT2D eigenvalue weighted by atomic mass is 9.86. The van der Waals surface area contributed by atoms with Crippen LogP contribution < -0.4 is 10.1 Å². The average molecular weight is 247 g/mol. The van der Waals surface area contributed by atoms with Crippen LogP contribution in [0.4, 0.5) is 0 Å². The first-order chi connectivity index (χ1) is 8.70. The van der Waals surface area contributed by atoms with Crippen LogP contribution in [-0.2, 0) is 0 Å². The monoisotopic (exact) mass is 247 g/mol. The molecule has 0 radical (unpaired) electrons. The van der Waals surface area contributed by atoms with Crippen LogP contribution in [0.5, 0.6) is 5.75 Å². The van der Waals surface area contributed by atoms with Crippen molar-refractivity contribution in [2.45, 2.75) is 38.6 Å². The summed E-state index contributed by atoms with van der Waals surface area (Å²) in [5.41, 5.74) is 0.702. The molecular weight excluding hydrogens is 226 g/mol. The molecule has 98 valence electrons. The van der Waals surface area contributed by atoms with Crippen molar-refractivity contribution in [2.75, 3.05) is 7.11 Å². The van der Waals surface area contributed by atoms with E-state index in [0.29, 0.717) is 17.5 Å². The minimum Gasteiger partial charge on any atom is -0.497 e. The van der Waals surface area contributed by atoms with Crippen molar-refractivity contribution in [1.82, 2.24) is 5.32 Å². The van der Waals surface area contributed by atoms with Crippen LogP contribution in [-0.4, -0.2) is 19.1 Å². The van der Waals surface area contributed by atoms with Crippen LogP contribution in [0.1, 0.15) is 43.0 Å². The normalized spacial score (nSPS) is 23.4. The summed E-state index contributed by atoms with van der Waals surface area (Å²) >= 11 is 0. The van der Waals surface area contributed by atoms with E-state index in [-0.39, 0.29) is 5.91 Å². The van der Waals surface area contributed by atoms with E-state index >= 15 is 0 Å². The van der Waals surface area contributed by atoms with Gasteiger partial charge in [0.05, 0.1) is 7.11 Å². The summed E-state index contributed by atoms with van der Waals surface area (Å²) in [6.45, 7) is 2.22. The molecule has 1 aliphatic carbocycles. The lowest BCUT2D eigenvalue weighted by Gasteiger charge is -2.29. The van der Waals surface area contributed by atoms with E-state index in [0.717, 1.165) is 12.2 Å². The molecule has 1 saturated carbocycles. The molecule has 1 fully saturated rings. The topological polar surface area (TPSA) is 38.3 Å². The number of methoxy groups -OCH3 is 1. The molecule has 1 aromatic carbocycles. The smallest absolute Gasteiger partial charge is 0.251 e. The third-order valence-electron chi connectivity index (χ3n) is 3.78. The summed E-state index contributed by atoms with van der Waals surface area (Å²) in [5.74, 6) is 1.38. The van der Waals surface area contributed by atoms with Crippen molar-refractivity contribution in [3.05, 3.63) is 29.8 Å². The molecule has 1 aliphatic rings. The Morgan fingerprint density at radius 3 is 2.50 bits per heavy atom. The second-order valence-electron chi connectivity index (χ2n) is 5.07. The number of benzene rings is 1. The third-order valence-corrected chi connectivity index (χ3v) is 3.78. The van der Waals surface area contributed by atoms with E-state index in [1.54, 1.807) is 7.11 Å². The van der Waals surface area contributed by atoms with Crippen LogP contribution >= 0.6 is 0 Å². The lowest BCUT2D eigenvalue weighted by molar-refractivity contribution is 0.0910. The molecule has 2 atom stereocenters. The highest BCUT2D eigenvalue weighted by Crippen LogP contribution is 2.24. The largest absolute Gasteiger partial charge is 0.497 e. The van der Waals surface area contributed by atoms with Gasteiger partial charge in [-0.2, -0.15) is 0 Å². The number of carbonyl (C=O) groups excluding carboxylic acids is 1. The molecule has 3 nitrogen and oxygen atoms in total. The van der Waals surface area contributed by atoms with E-state index < -0.39 is 0 Å². The van der Waals surface area contributed by atoms with Gasteiger partial charge >= 0.3 is 0 Å². The highest BCUT2D eigenvalue weighted by molar-refractivity contribution is 5.94. The molecule has 0 saturated heterocycles. The van der Waals surface area contributed by atoms with Gasteiger partial charge in [0.25, 0.3) is 5.91 Å². The Balaban J connectivity index is 1.97. The molecule has 0 aliphatic heterocycles. The summed E-state index contributed by atoms with van der Waals surface area (Å²) in [6.07, 6.45) is 4.82. The molecule has 2 rings (SSSR count). The first-order valence-corrected chi connectivity index (χ1v) is 6.65. The van der Waals surface area contributed by atoms with Gasteiger partial charge in [-0.05, 0) is 43.0 Å². The van der Waals surface area contributed by atoms with Crippen LogP contribution in [0.3, 0.4) is 0 Å². The quantitative estimate of drug-likeness (QED) is 0.891. The molecule has 18 heavy (non-hydrogen) atoms. The van der Waals surface area contributed by atoms with Gasteiger partial charge in [-0.15, -0.1) is 0 Å². The Morgan fingerprint density at radius 2 is 1.89 bits per heavy atom. The molecule has 0 unspecified atom stereocenters. The predicted octanol–water partition coefficient (Wildman–Crippen LogP) is 3.00. The summed E-state index contributed by atoms with van der Waals surface area (Å²) in [7, 11) is 1.62. The molecule has 0 spiro atoms. The van der Waals surface area contributed by atoms with Crippen molar-refractivity contribution >= 4 is 5.91 Å². The maximum Gasteiger partial charge on any atom is 0.251 e. The van der Waals surface area contributed by atoms with Crippen molar-refractivity contribution in [1.29, 1.82) is 0 Å². The van der Waals surface area contributed by atoms with Crippen LogP contribution in [0, 0.1) is 5.92 Å². The fourth-order valence-electron chi connectivity index (χ4n) is 2.52. The van der Waals surface area contributed by atoms with E-state index in [9.17, 15) is 4.79 Å². The molecule has 1 aromatic rings. The zero-order chi connectivity index (χ0) is 13.0. The molecule has 1 amide bonds. The summed E-state index contributed by atoms with van der Waals surface area (Å²) in [4.78, 5) is 12.1. The lowest BCUT2D eigenvalue weighted by Crippen LogP contribution is -2.41. The molecular formula is C15H21NO2. The van der Waals surface area contributed by atoms with Crippen LogP contribution in [0.2, 0.25) is 0 Å². The standard InChI is InChI=1S/C15H21NO2/c1-11-5-3-4-6-14(11)16-15(17)12-7-9-13(18-2)10-8-12/h7-11,14H,3-6H2,1-2H3,(H,16,17)/t11-,14-/m1/s1. The Hall–Kier alpha value is -1.51. The molecule has 3 heteroatoms. The highest BCUT2D eigenvalue weighted by atomic mass is 16.5. The van der Waals surface area contributed by atoms with Gasteiger partial charge < -0.3 is 10.1 Å². The van der Waals surface area contributed by atoms with Gasteiger partial charge in [0.1, 0.15) is 5.75 Å². The molecule has 1 N–H and O–H groups in total. The number of rotatable bonds is 3. The number of nitrogens with one attached hydrogen (secondary N) is 1. The van der Waals surface area contributed by atoms with E-state index in [1.807, 2.05) is 24.3 Å². The van der Waals surface area contributed by atoms with E-state index in [2.05, 4.69) is 12.2 Å². The predicted molar refractivity (Wildman–Crippen MR) is 71.9 cm³/mol. The van der Waals surface area contributed by atoms with E-state index in [1.165, 1.54) is 19.3 Å². The zero-order valence-electron chi connectivity index (χ0n) is 11.1. The van der Waals surface area contributed by atoms with Gasteiger partial charge in [-0.3, -0.25) is 4.79 Å². The van der Waals surface area contributed by atoms with Gasteiger partial charge in [0, 0.05) is 11.6 Å². The van der Waals surface area contributed by atoms with Crippen molar-refractivity contribution in [2.24, 2.45) is 5.92 Å². The average Bonchev–Trinajstić information content (AvgIpc) is 2.41. The van der Waals surface area contributed by atoms with Crippen molar-refractivity contribution in [3.63, 3.8) is 0 Å². The fourth-order valence-corrected chi connectivity index (χ4v) is 2.52. The molecule has 0 bridgehead atoms. The van der Waals surface area contributed by atoms with Crippen molar-refractivity contribution in [3.8, 4) is 5.75 Å². The molecule has 0 heterocycles. The van der Waals surface area contributed by atoms with Crippen LogP contribution in [0.15, 0.2) is 24.3 Å². The second kappa shape index (κ2) is 5.89. The van der Waals surface area contributed by atoms with E-state index in [4.69, 9.17) is 4.74 Å². The van der Waals surface area contributed by atoms with Gasteiger partial charge in [-0.25, -0.2) is 0 Å². The third kappa shape index (κ3) is 3.03. The Morgan fingerprint density at radius 1 is 1.22 bits per heavy atom. The summed E-state index contributed by atoms with van der Waals surface area (Å²) < 4.78 is 5.08.